The number of nitrogens with one attached hydrogen (secondary N) is 3. The van der Waals surface area contributed by atoms with Gasteiger partial charge in [-0.2, -0.15) is 0 Å². The van der Waals surface area contributed by atoms with Gasteiger partial charge in [0, 0.05) is 7.05 Å². The van der Waals surface area contributed by atoms with Gasteiger partial charge in [-0.3, -0.25) is 19.6 Å². The van der Waals surface area contributed by atoms with Crippen LogP contribution in [0.25, 0.3) is 0 Å². The van der Waals surface area contributed by atoms with E-state index in [0.717, 1.165) is 19.3 Å². The molecule has 150 valence electrons. The Balaban J connectivity index is 3.10. The van der Waals surface area contributed by atoms with E-state index in [1.807, 2.05) is 34.6 Å². The topological polar surface area (TPSA) is 108 Å². The minimum Gasteiger partial charge on any atom is -0.357 e. The van der Waals surface area contributed by atoms with Crippen LogP contribution in [-0.2, 0) is 14.4 Å². The Hall–Kier alpha value is -1.63. The molecule has 3 atom stereocenters. The van der Waals surface area contributed by atoms with E-state index in [0.29, 0.717) is 6.42 Å². The summed E-state index contributed by atoms with van der Waals surface area (Å²) in [5, 5.41) is 14.6. The lowest BCUT2D eigenvalue weighted by molar-refractivity contribution is -0.146. The van der Waals surface area contributed by atoms with Crippen molar-refractivity contribution in [2.24, 2.45) is 29.1 Å². The van der Waals surface area contributed by atoms with Gasteiger partial charge in [-0.15, -0.1) is 0 Å². The Morgan fingerprint density at radius 2 is 1.65 bits per heavy atom. The minimum absolute atomic E-state index is 0.0877. The maximum atomic E-state index is 13.1. The van der Waals surface area contributed by atoms with Crippen LogP contribution in [0.15, 0.2) is 0 Å². The van der Waals surface area contributed by atoms with E-state index in [1.165, 1.54) is 7.05 Å². The quantitative estimate of drug-likeness (QED) is 0.387. The summed E-state index contributed by atoms with van der Waals surface area (Å²) in [6, 6.07) is -0.700. The lowest BCUT2D eigenvalue weighted by atomic mass is 9.68. The van der Waals surface area contributed by atoms with Crippen molar-refractivity contribution >= 4 is 17.7 Å². The van der Waals surface area contributed by atoms with Crippen LogP contribution in [0.4, 0.5) is 0 Å². The summed E-state index contributed by atoms with van der Waals surface area (Å²) in [6.07, 6.45) is 3.29. The van der Waals surface area contributed by atoms with Crippen LogP contribution in [-0.4, -0.2) is 36.0 Å². The standard InChI is InChI=1S/C19H35N3O4/c1-11(2)10-13(14(17(24)22-26)12-8-7-9-12)16(23)21-15(18(25)20-6)19(3,4)5/h11-15,26H,7-10H2,1-6H3,(H,20,25)(H,21,23)(H,22,24)/t13?,14-,15+/m0/s1. The monoisotopic (exact) mass is 369 g/mol. The highest BCUT2D eigenvalue weighted by Gasteiger charge is 2.43. The second kappa shape index (κ2) is 9.35. The molecular formula is C19H35N3O4. The molecule has 0 saturated heterocycles. The highest BCUT2D eigenvalue weighted by Crippen LogP contribution is 2.39. The number of hydrogen-bond donors (Lipinski definition) is 4. The van der Waals surface area contributed by atoms with Crippen LogP contribution in [0.3, 0.4) is 0 Å². The number of carbonyl (C=O) groups is 3. The summed E-state index contributed by atoms with van der Waals surface area (Å²) in [5.41, 5.74) is 1.27. The maximum Gasteiger partial charge on any atom is 0.247 e. The van der Waals surface area contributed by atoms with Crippen LogP contribution in [0.5, 0.6) is 0 Å². The smallest absolute Gasteiger partial charge is 0.247 e. The zero-order valence-corrected chi connectivity index (χ0v) is 16.9. The second-order valence-electron chi connectivity index (χ2n) is 8.85. The third-order valence-corrected chi connectivity index (χ3v) is 5.23. The first-order valence-corrected chi connectivity index (χ1v) is 9.48. The van der Waals surface area contributed by atoms with Crippen LogP contribution >= 0.6 is 0 Å². The van der Waals surface area contributed by atoms with Crippen molar-refractivity contribution in [1.29, 1.82) is 0 Å². The third kappa shape index (κ3) is 5.69. The average molecular weight is 370 g/mol. The molecule has 1 unspecified atom stereocenters. The number of hydrogen-bond acceptors (Lipinski definition) is 4. The summed E-state index contributed by atoms with van der Waals surface area (Å²) in [7, 11) is 1.54. The summed E-state index contributed by atoms with van der Waals surface area (Å²) in [4.78, 5) is 37.7. The van der Waals surface area contributed by atoms with Crippen LogP contribution in [0, 0.1) is 29.1 Å². The largest absolute Gasteiger partial charge is 0.357 e. The van der Waals surface area contributed by atoms with Crippen LogP contribution in [0.1, 0.15) is 60.3 Å². The van der Waals surface area contributed by atoms with Gasteiger partial charge in [0.15, 0.2) is 0 Å². The Kier molecular flexibility index (Phi) is 8.06. The normalized spacial score (nSPS) is 18.5. The molecule has 26 heavy (non-hydrogen) atoms. The van der Waals surface area contributed by atoms with Crippen molar-refractivity contribution in [3.63, 3.8) is 0 Å². The number of rotatable bonds is 8. The average Bonchev–Trinajstić information content (AvgIpc) is 2.50. The first-order valence-electron chi connectivity index (χ1n) is 9.48. The predicted molar refractivity (Wildman–Crippen MR) is 99.2 cm³/mol. The van der Waals surface area contributed by atoms with Crippen molar-refractivity contribution in [3.05, 3.63) is 0 Å². The van der Waals surface area contributed by atoms with Gasteiger partial charge in [0.05, 0.1) is 11.8 Å². The van der Waals surface area contributed by atoms with Gasteiger partial charge in [0.25, 0.3) is 0 Å². The Morgan fingerprint density at radius 3 is 2.00 bits per heavy atom. The highest BCUT2D eigenvalue weighted by molar-refractivity contribution is 5.91. The molecule has 1 aliphatic rings. The SMILES string of the molecule is CNC(=O)[C@@H](NC(=O)C(CC(C)C)[C@@H](C(=O)NO)C1CCC1)C(C)(C)C. The van der Waals surface area contributed by atoms with E-state index >= 15 is 0 Å². The zero-order chi connectivity index (χ0) is 20.1. The summed E-state index contributed by atoms with van der Waals surface area (Å²) < 4.78 is 0. The van der Waals surface area contributed by atoms with Gasteiger partial charge in [0.2, 0.25) is 17.7 Å². The molecule has 1 saturated carbocycles. The van der Waals surface area contributed by atoms with E-state index < -0.39 is 29.2 Å². The van der Waals surface area contributed by atoms with Crippen molar-refractivity contribution in [1.82, 2.24) is 16.1 Å². The zero-order valence-electron chi connectivity index (χ0n) is 16.9. The number of carbonyl (C=O) groups excluding carboxylic acids is 3. The second-order valence-corrected chi connectivity index (χ2v) is 8.85. The van der Waals surface area contributed by atoms with Gasteiger partial charge in [-0.25, -0.2) is 5.48 Å². The van der Waals surface area contributed by atoms with Gasteiger partial charge < -0.3 is 10.6 Å². The molecule has 1 fully saturated rings. The van der Waals surface area contributed by atoms with E-state index in [-0.39, 0.29) is 23.7 Å². The molecule has 0 aromatic rings. The van der Waals surface area contributed by atoms with Gasteiger partial charge in [-0.05, 0) is 36.5 Å². The molecule has 0 aliphatic heterocycles. The number of amides is 3. The van der Waals surface area contributed by atoms with Gasteiger partial charge in [0.1, 0.15) is 6.04 Å². The molecule has 0 radical (unpaired) electrons. The molecule has 0 heterocycles. The van der Waals surface area contributed by atoms with Gasteiger partial charge >= 0.3 is 0 Å². The van der Waals surface area contributed by atoms with E-state index in [2.05, 4.69) is 10.6 Å². The lowest BCUT2D eigenvalue weighted by Crippen LogP contribution is -2.56. The fourth-order valence-corrected chi connectivity index (χ4v) is 3.59. The Morgan fingerprint density at radius 1 is 1.08 bits per heavy atom. The maximum absolute atomic E-state index is 13.1. The minimum atomic E-state index is -0.700. The number of likely N-dealkylation sites (N-methyl/N-ethyl adjacent to an activating group) is 1. The third-order valence-electron chi connectivity index (χ3n) is 5.23. The fraction of sp³-hybridized carbons (Fsp3) is 0.842. The molecule has 0 aromatic carbocycles. The first-order chi connectivity index (χ1) is 12.0. The Labute approximate surface area is 156 Å². The summed E-state index contributed by atoms with van der Waals surface area (Å²) in [6.45, 7) is 9.64. The molecule has 3 amide bonds. The van der Waals surface area contributed by atoms with E-state index in [4.69, 9.17) is 0 Å². The highest BCUT2D eigenvalue weighted by atomic mass is 16.5. The number of hydroxylamine groups is 1. The fourth-order valence-electron chi connectivity index (χ4n) is 3.59. The first kappa shape index (κ1) is 22.4. The van der Waals surface area contributed by atoms with Crippen molar-refractivity contribution < 1.29 is 19.6 Å². The van der Waals surface area contributed by atoms with E-state index in [9.17, 15) is 19.6 Å². The predicted octanol–water partition coefficient (Wildman–Crippen LogP) is 1.85. The molecule has 7 heteroatoms. The van der Waals surface area contributed by atoms with Gasteiger partial charge in [-0.1, -0.05) is 41.0 Å². The molecule has 0 aromatic heterocycles. The molecular weight excluding hydrogens is 334 g/mol. The van der Waals surface area contributed by atoms with E-state index in [1.54, 1.807) is 5.48 Å². The Bertz CT molecular complexity index is 509. The van der Waals surface area contributed by atoms with Crippen molar-refractivity contribution in [2.75, 3.05) is 7.05 Å². The van der Waals surface area contributed by atoms with Crippen LogP contribution in [0.2, 0.25) is 0 Å². The lowest BCUT2D eigenvalue weighted by Gasteiger charge is -2.38. The van der Waals surface area contributed by atoms with Crippen LogP contribution < -0.4 is 16.1 Å². The molecule has 4 N–H and O–H groups in total. The molecule has 0 bridgehead atoms. The summed E-state index contributed by atoms with van der Waals surface area (Å²) >= 11 is 0. The molecule has 1 aliphatic carbocycles. The van der Waals surface area contributed by atoms with Crippen molar-refractivity contribution in [3.8, 4) is 0 Å². The molecule has 0 spiro atoms. The molecule has 7 nitrogen and oxygen atoms in total. The van der Waals surface area contributed by atoms with Crippen molar-refractivity contribution in [2.45, 2.75) is 66.3 Å². The molecule has 1 rings (SSSR count). The summed E-state index contributed by atoms with van der Waals surface area (Å²) in [5.74, 6) is -1.95.